The Hall–Kier alpha value is -2.64. The number of benzene rings is 2. The van der Waals surface area contributed by atoms with Crippen LogP contribution in [-0.2, 0) is 20.1 Å². The third kappa shape index (κ3) is 4.43. The van der Waals surface area contributed by atoms with E-state index in [4.69, 9.17) is 0 Å². The van der Waals surface area contributed by atoms with Crippen LogP contribution in [0, 0.1) is 0 Å². The van der Waals surface area contributed by atoms with Gasteiger partial charge in [-0.2, -0.15) is 0 Å². The first-order valence-corrected chi connectivity index (χ1v) is 10.5. The van der Waals surface area contributed by atoms with Gasteiger partial charge in [0.2, 0.25) is 5.16 Å². The highest BCUT2D eigenvalue weighted by molar-refractivity contribution is 7.99. The molecule has 0 fully saturated rings. The molecule has 0 atom stereocenters. The fourth-order valence-corrected chi connectivity index (χ4v) is 4.09. The molecule has 1 N–H and O–H groups in total. The minimum absolute atomic E-state index is 0.865. The maximum absolute atomic E-state index is 3.99. The van der Waals surface area contributed by atoms with Crippen LogP contribution in [-0.4, -0.2) is 37.1 Å². The average Bonchev–Trinajstić information content (AvgIpc) is 3.29. The fraction of sp³-hybridized carbons (Fsp3) is 0.286. The van der Waals surface area contributed by atoms with Crippen molar-refractivity contribution in [1.29, 1.82) is 0 Å². The topological polar surface area (TPSA) is 60.6 Å². The number of rotatable bonds is 9. The Bertz CT molecular complexity index is 1020. The highest BCUT2D eigenvalue weighted by Gasteiger charge is 2.08. The third-order valence-electron chi connectivity index (χ3n) is 4.69. The fourth-order valence-electron chi connectivity index (χ4n) is 3.30. The minimum atomic E-state index is 0.865. The summed E-state index contributed by atoms with van der Waals surface area (Å²) in [5.41, 5.74) is 3.95. The number of nitrogens with one attached hydrogen (secondary N) is 1. The van der Waals surface area contributed by atoms with E-state index >= 15 is 0 Å². The van der Waals surface area contributed by atoms with Crippen molar-refractivity contribution < 1.29 is 0 Å². The van der Waals surface area contributed by atoms with Crippen LogP contribution < -0.4 is 5.32 Å². The van der Waals surface area contributed by atoms with Gasteiger partial charge in [-0.1, -0.05) is 60.3 Å². The van der Waals surface area contributed by atoms with E-state index in [0.717, 1.165) is 37.0 Å². The molecule has 144 valence electrons. The van der Waals surface area contributed by atoms with Crippen LogP contribution in [0.3, 0.4) is 0 Å². The Morgan fingerprint density at radius 2 is 1.86 bits per heavy atom. The number of fused-ring (bicyclic) bond motifs is 1. The van der Waals surface area contributed by atoms with E-state index in [-0.39, 0.29) is 0 Å². The van der Waals surface area contributed by atoms with E-state index in [1.807, 2.05) is 7.05 Å². The molecular formula is C21H24N6S. The number of para-hydroxylation sites is 1. The molecule has 28 heavy (non-hydrogen) atoms. The van der Waals surface area contributed by atoms with Gasteiger partial charge < -0.3 is 9.88 Å². The first kappa shape index (κ1) is 18.7. The van der Waals surface area contributed by atoms with Gasteiger partial charge in [-0.05, 0) is 40.6 Å². The number of hydrogen-bond donors (Lipinski definition) is 1. The molecule has 0 saturated heterocycles. The summed E-state index contributed by atoms with van der Waals surface area (Å²) in [7, 11) is 1.87. The summed E-state index contributed by atoms with van der Waals surface area (Å²) in [4.78, 5) is 0. The zero-order chi connectivity index (χ0) is 19.2. The Kier molecular flexibility index (Phi) is 6.04. The second-order valence-electron chi connectivity index (χ2n) is 6.75. The molecule has 2 aromatic carbocycles. The van der Waals surface area contributed by atoms with Crippen molar-refractivity contribution in [2.45, 2.75) is 24.7 Å². The molecule has 0 bridgehead atoms. The molecule has 0 aliphatic carbocycles. The Balaban J connectivity index is 1.34. The SMILES string of the molecule is Cn1nnnc1SCCCNCc1cn(Cc2ccccc2)c2ccccc12. The lowest BCUT2D eigenvalue weighted by Crippen LogP contribution is -2.15. The van der Waals surface area contributed by atoms with E-state index in [1.54, 1.807) is 16.4 Å². The van der Waals surface area contributed by atoms with Crippen LogP contribution in [0.5, 0.6) is 0 Å². The number of nitrogens with zero attached hydrogens (tertiary/aromatic N) is 5. The number of aryl methyl sites for hydroxylation is 1. The van der Waals surface area contributed by atoms with Crippen LogP contribution in [0.1, 0.15) is 17.5 Å². The maximum Gasteiger partial charge on any atom is 0.209 e. The molecule has 7 heteroatoms. The van der Waals surface area contributed by atoms with Crippen molar-refractivity contribution in [3.05, 3.63) is 71.9 Å². The van der Waals surface area contributed by atoms with Crippen molar-refractivity contribution in [3.8, 4) is 0 Å². The predicted octanol–water partition coefficient (Wildman–Crippen LogP) is 3.49. The van der Waals surface area contributed by atoms with Gasteiger partial charge in [0, 0.05) is 43.0 Å². The quantitative estimate of drug-likeness (QED) is 0.349. The van der Waals surface area contributed by atoms with Crippen molar-refractivity contribution in [2.24, 2.45) is 7.05 Å². The zero-order valence-electron chi connectivity index (χ0n) is 16.0. The van der Waals surface area contributed by atoms with Gasteiger partial charge in [0.15, 0.2) is 0 Å². The number of hydrogen-bond acceptors (Lipinski definition) is 5. The van der Waals surface area contributed by atoms with Crippen LogP contribution >= 0.6 is 11.8 Å². The predicted molar refractivity (Wildman–Crippen MR) is 113 cm³/mol. The van der Waals surface area contributed by atoms with Gasteiger partial charge in [0.05, 0.1) is 0 Å². The summed E-state index contributed by atoms with van der Waals surface area (Å²) < 4.78 is 4.05. The highest BCUT2D eigenvalue weighted by Crippen LogP contribution is 2.22. The normalized spacial score (nSPS) is 11.3. The summed E-state index contributed by atoms with van der Waals surface area (Å²) in [6.45, 7) is 2.73. The van der Waals surface area contributed by atoms with E-state index in [1.165, 1.54) is 22.0 Å². The van der Waals surface area contributed by atoms with Crippen LogP contribution in [0.25, 0.3) is 10.9 Å². The maximum atomic E-state index is 3.99. The first-order valence-electron chi connectivity index (χ1n) is 9.48. The monoisotopic (exact) mass is 392 g/mol. The molecular weight excluding hydrogens is 368 g/mol. The van der Waals surface area contributed by atoms with Crippen molar-refractivity contribution in [1.82, 2.24) is 30.1 Å². The zero-order valence-corrected chi connectivity index (χ0v) is 16.8. The molecule has 2 heterocycles. The average molecular weight is 393 g/mol. The summed E-state index contributed by atoms with van der Waals surface area (Å²) in [6, 6.07) is 19.2. The summed E-state index contributed by atoms with van der Waals surface area (Å²) in [6.07, 6.45) is 3.35. The van der Waals surface area contributed by atoms with Gasteiger partial charge in [-0.25, -0.2) is 4.68 Å². The minimum Gasteiger partial charge on any atom is -0.343 e. The Morgan fingerprint density at radius 1 is 1.04 bits per heavy atom. The lowest BCUT2D eigenvalue weighted by atomic mass is 10.2. The standard InChI is InChI=1S/C21H24N6S/c1-26-21(23-24-25-26)28-13-7-12-22-14-18-16-27(15-17-8-3-2-4-9-17)20-11-6-5-10-19(18)20/h2-6,8-11,16,22H,7,12-15H2,1H3. The van der Waals surface area contributed by atoms with E-state index in [0.29, 0.717) is 0 Å². The van der Waals surface area contributed by atoms with Gasteiger partial charge in [-0.3, -0.25) is 0 Å². The van der Waals surface area contributed by atoms with Crippen molar-refractivity contribution in [3.63, 3.8) is 0 Å². The smallest absolute Gasteiger partial charge is 0.209 e. The molecule has 2 aromatic heterocycles. The molecule has 0 aliphatic heterocycles. The first-order chi connectivity index (χ1) is 13.8. The van der Waals surface area contributed by atoms with Gasteiger partial charge in [0.1, 0.15) is 0 Å². The molecule has 6 nitrogen and oxygen atoms in total. The lowest BCUT2D eigenvalue weighted by molar-refractivity contribution is 0.661. The third-order valence-corrected chi connectivity index (χ3v) is 5.79. The van der Waals surface area contributed by atoms with Crippen molar-refractivity contribution in [2.75, 3.05) is 12.3 Å². The second-order valence-corrected chi connectivity index (χ2v) is 7.81. The van der Waals surface area contributed by atoms with Crippen molar-refractivity contribution >= 4 is 22.7 Å². The van der Waals surface area contributed by atoms with E-state index in [2.05, 4.69) is 86.2 Å². The van der Waals surface area contributed by atoms with Gasteiger partial charge >= 0.3 is 0 Å². The van der Waals surface area contributed by atoms with Gasteiger partial charge in [-0.15, -0.1) is 5.10 Å². The van der Waals surface area contributed by atoms with Crippen LogP contribution in [0.2, 0.25) is 0 Å². The molecule has 0 unspecified atom stereocenters. The van der Waals surface area contributed by atoms with Crippen LogP contribution in [0.4, 0.5) is 0 Å². The molecule has 4 rings (SSSR count). The lowest BCUT2D eigenvalue weighted by Gasteiger charge is -2.05. The van der Waals surface area contributed by atoms with E-state index in [9.17, 15) is 0 Å². The molecule has 0 spiro atoms. The molecule has 0 saturated carbocycles. The Morgan fingerprint density at radius 3 is 2.68 bits per heavy atom. The Labute approximate surface area is 168 Å². The van der Waals surface area contributed by atoms with E-state index < -0.39 is 0 Å². The second kappa shape index (κ2) is 9.03. The summed E-state index contributed by atoms with van der Waals surface area (Å²) in [5.74, 6) is 0.997. The number of thioether (sulfide) groups is 1. The van der Waals surface area contributed by atoms with Crippen LogP contribution in [0.15, 0.2) is 66.0 Å². The number of aromatic nitrogens is 5. The summed E-state index contributed by atoms with van der Waals surface area (Å²) >= 11 is 1.69. The van der Waals surface area contributed by atoms with Gasteiger partial charge in [0.25, 0.3) is 0 Å². The largest absolute Gasteiger partial charge is 0.343 e. The molecule has 0 aliphatic rings. The molecule has 0 amide bonds. The highest BCUT2D eigenvalue weighted by atomic mass is 32.2. The number of tetrazole rings is 1. The molecule has 0 radical (unpaired) electrons. The summed E-state index contributed by atoms with van der Waals surface area (Å²) in [5, 5.41) is 17.3. The molecule has 4 aromatic rings.